The molecule has 1 aromatic carbocycles. The second-order valence-corrected chi connectivity index (χ2v) is 9.77. The van der Waals surface area contributed by atoms with Gasteiger partial charge in [0.2, 0.25) is 5.91 Å². The van der Waals surface area contributed by atoms with E-state index < -0.39 is 0 Å². The molecule has 8 heteroatoms. The fraction of sp³-hybridized carbons (Fsp3) is 0.600. The van der Waals surface area contributed by atoms with E-state index >= 15 is 0 Å². The summed E-state index contributed by atoms with van der Waals surface area (Å²) in [4.78, 5) is 24.9. The molecule has 0 bridgehead atoms. The summed E-state index contributed by atoms with van der Waals surface area (Å²) in [5.41, 5.74) is 0. The highest BCUT2D eigenvalue weighted by molar-refractivity contribution is 7.13. The Morgan fingerprint density at radius 1 is 1.12 bits per heavy atom. The van der Waals surface area contributed by atoms with Gasteiger partial charge in [-0.3, -0.25) is 19.5 Å². The Labute approximate surface area is 201 Å². The van der Waals surface area contributed by atoms with Gasteiger partial charge in [-0.25, -0.2) is 4.98 Å². The van der Waals surface area contributed by atoms with Crippen molar-refractivity contribution in [2.24, 2.45) is 0 Å². The number of methoxy groups -OCH3 is 1. The summed E-state index contributed by atoms with van der Waals surface area (Å²) in [6, 6.07) is 7.85. The van der Waals surface area contributed by atoms with E-state index in [1.165, 1.54) is 19.3 Å². The number of amides is 1. The number of benzene rings is 1. The lowest BCUT2D eigenvalue weighted by Gasteiger charge is -2.40. The molecule has 1 aromatic heterocycles. The van der Waals surface area contributed by atoms with Crippen LogP contribution in [0.1, 0.15) is 39.0 Å². The van der Waals surface area contributed by atoms with Crippen LogP contribution in [0.3, 0.4) is 0 Å². The topological polar surface area (TPSA) is 58.1 Å². The first-order valence-electron chi connectivity index (χ1n) is 12.1. The first-order chi connectivity index (χ1) is 16.2. The average molecular weight is 473 g/mol. The minimum absolute atomic E-state index is 0.131. The predicted molar refractivity (Wildman–Crippen MR) is 132 cm³/mol. The molecule has 2 aliphatic rings. The third-order valence-electron chi connectivity index (χ3n) is 6.85. The van der Waals surface area contributed by atoms with Crippen LogP contribution in [0.25, 0.3) is 0 Å². The minimum atomic E-state index is -0.131. The number of anilines is 1. The van der Waals surface area contributed by atoms with Crippen molar-refractivity contribution >= 4 is 22.4 Å². The highest BCUT2D eigenvalue weighted by atomic mass is 32.1. The molecule has 2 heterocycles. The van der Waals surface area contributed by atoms with Gasteiger partial charge in [-0.15, -0.1) is 11.3 Å². The Hall–Kier alpha value is -2.16. The van der Waals surface area contributed by atoms with Crippen molar-refractivity contribution in [3.05, 3.63) is 35.8 Å². The molecular formula is C25H36N4O3S. The maximum Gasteiger partial charge on any atom is 0.246 e. The smallest absolute Gasteiger partial charge is 0.246 e. The summed E-state index contributed by atoms with van der Waals surface area (Å²) in [5, 5.41) is 2.82. The molecule has 0 radical (unpaired) electrons. The number of carbonyl (C=O) groups is 1. The summed E-state index contributed by atoms with van der Waals surface area (Å²) in [5.74, 6) is 1.89. The lowest BCUT2D eigenvalue weighted by molar-refractivity contribution is -0.124. The molecule has 1 aliphatic carbocycles. The number of piperazine rings is 1. The highest BCUT2D eigenvalue weighted by Gasteiger charge is 2.34. The van der Waals surface area contributed by atoms with Crippen molar-refractivity contribution in [1.29, 1.82) is 0 Å². The standard InChI is InChI=1S/C25H36N4O3S/c1-20(24(30)29(25-26-12-19-33-25)21-6-4-3-5-7-21)28-15-13-27(14-16-28)17-18-32-23-10-8-22(31-2)9-11-23/h8-12,19-21H,3-7,13-18H2,1-2H3. The van der Waals surface area contributed by atoms with Crippen LogP contribution in [0.4, 0.5) is 5.13 Å². The number of hydrogen-bond acceptors (Lipinski definition) is 7. The van der Waals surface area contributed by atoms with E-state index in [1.807, 2.05) is 34.5 Å². The molecule has 2 aromatic rings. The van der Waals surface area contributed by atoms with Gasteiger partial charge >= 0.3 is 0 Å². The zero-order valence-electron chi connectivity index (χ0n) is 19.8. The summed E-state index contributed by atoms with van der Waals surface area (Å²) in [6.07, 6.45) is 7.65. The van der Waals surface area contributed by atoms with Gasteiger partial charge in [0.1, 0.15) is 18.1 Å². The van der Waals surface area contributed by atoms with E-state index in [2.05, 4.69) is 21.7 Å². The Bertz CT molecular complexity index is 847. The van der Waals surface area contributed by atoms with Crippen molar-refractivity contribution in [1.82, 2.24) is 14.8 Å². The molecule has 0 spiro atoms. The summed E-state index contributed by atoms with van der Waals surface area (Å²) in [6.45, 7) is 7.29. The Balaban J connectivity index is 1.26. The first kappa shape index (κ1) is 24.0. The fourth-order valence-electron chi connectivity index (χ4n) is 4.80. The van der Waals surface area contributed by atoms with E-state index in [0.717, 1.165) is 62.2 Å². The van der Waals surface area contributed by atoms with Crippen LogP contribution in [-0.2, 0) is 4.79 Å². The van der Waals surface area contributed by atoms with Gasteiger partial charge in [0, 0.05) is 50.3 Å². The Morgan fingerprint density at radius 2 is 1.82 bits per heavy atom. The van der Waals surface area contributed by atoms with Crippen molar-refractivity contribution in [3.63, 3.8) is 0 Å². The van der Waals surface area contributed by atoms with Gasteiger partial charge in [-0.2, -0.15) is 0 Å². The molecule has 180 valence electrons. The molecule has 1 aliphatic heterocycles. The summed E-state index contributed by atoms with van der Waals surface area (Å²) in [7, 11) is 1.66. The minimum Gasteiger partial charge on any atom is -0.497 e. The number of ether oxygens (including phenoxy) is 2. The van der Waals surface area contributed by atoms with Crippen LogP contribution in [0.2, 0.25) is 0 Å². The zero-order chi connectivity index (χ0) is 23.0. The third-order valence-corrected chi connectivity index (χ3v) is 7.62. The van der Waals surface area contributed by atoms with Crippen molar-refractivity contribution in [2.75, 3.05) is 51.3 Å². The van der Waals surface area contributed by atoms with Crippen LogP contribution in [0.15, 0.2) is 35.8 Å². The van der Waals surface area contributed by atoms with Gasteiger partial charge in [0.15, 0.2) is 5.13 Å². The normalized spacial score (nSPS) is 19.2. The molecule has 1 atom stereocenters. The molecular weight excluding hydrogens is 436 g/mol. The third kappa shape index (κ3) is 6.25. The summed E-state index contributed by atoms with van der Waals surface area (Å²) >= 11 is 1.57. The van der Waals surface area contributed by atoms with E-state index in [4.69, 9.17) is 9.47 Å². The SMILES string of the molecule is COc1ccc(OCCN2CCN(C(C)C(=O)N(c3nccs3)C3CCCCC3)CC2)cc1. The van der Waals surface area contributed by atoms with Crippen LogP contribution in [0.5, 0.6) is 11.5 Å². The molecule has 1 unspecified atom stereocenters. The van der Waals surface area contributed by atoms with E-state index in [0.29, 0.717) is 6.61 Å². The average Bonchev–Trinajstić information content (AvgIpc) is 3.39. The van der Waals surface area contributed by atoms with E-state index in [9.17, 15) is 4.79 Å². The Morgan fingerprint density at radius 3 is 2.45 bits per heavy atom. The largest absolute Gasteiger partial charge is 0.497 e. The molecule has 7 nitrogen and oxygen atoms in total. The molecule has 1 amide bonds. The number of thiazole rings is 1. The number of aromatic nitrogens is 1. The molecule has 1 saturated heterocycles. The maximum absolute atomic E-state index is 13.6. The monoisotopic (exact) mass is 472 g/mol. The van der Waals surface area contributed by atoms with Crippen LogP contribution < -0.4 is 14.4 Å². The van der Waals surface area contributed by atoms with Gasteiger partial charge in [-0.1, -0.05) is 19.3 Å². The molecule has 4 rings (SSSR count). The maximum atomic E-state index is 13.6. The number of rotatable bonds is 9. The van der Waals surface area contributed by atoms with Crippen molar-refractivity contribution < 1.29 is 14.3 Å². The molecule has 2 fully saturated rings. The van der Waals surface area contributed by atoms with Gasteiger partial charge < -0.3 is 9.47 Å². The second-order valence-electron chi connectivity index (χ2n) is 8.89. The predicted octanol–water partition coefficient (Wildman–Crippen LogP) is 3.90. The molecule has 1 saturated carbocycles. The van der Waals surface area contributed by atoms with Crippen LogP contribution in [0, 0.1) is 0 Å². The van der Waals surface area contributed by atoms with Gasteiger partial charge in [0.25, 0.3) is 0 Å². The van der Waals surface area contributed by atoms with Crippen LogP contribution >= 0.6 is 11.3 Å². The molecule has 33 heavy (non-hydrogen) atoms. The Kier molecular flexibility index (Phi) is 8.58. The lowest BCUT2D eigenvalue weighted by atomic mass is 9.94. The second kappa shape index (κ2) is 11.8. The highest BCUT2D eigenvalue weighted by Crippen LogP contribution is 2.30. The first-order valence-corrected chi connectivity index (χ1v) is 13.0. The van der Waals surface area contributed by atoms with Gasteiger partial charge in [-0.05, 0) is 44.0 Å². The van der Waals surface area contributed by atoms with Crippen molar-refractivity contribution in [2.45, 2.75) is 51.1 Å². The van der Waals surface area contributed by atoms with E-state index in [-0.39, 0.29) is 18.0 Å². The quantitative estimate of drug-likeness (QED) is 0.552. The fourth-order valence-corrected chi connectivity index (χ4v) is 5.52. The van der Waals surface area contributed by atoms with Crippen molar-refractivity contribution in [3.8, 4) is 11.5 Å². The zero-order valence-corrected chi connectivity index (χ0v) is 20.6. The number of carbonyl (C=O) groups excluding carboxylic acids is 1. The lowest BCUT2D eigenvalue weighted by Crippen LogP contribution is -2.56. The summed E-state index contributed by atoms with van der Waals surface area (Å²) < 4.78 is 11.1. The van der Waals surface area contributed by atoms with Gasteiger partial charge in [0.05, 0.1) is 13.2 Å². The number of nitrogens with zero attached hydrogens (tertiary/aromatic N) is 4. The molecule has 0 N–H and O–H groups in total. The number of hydrogen-bond donors (Lipinski definition) is 0. The van der Waals surface area contributed by atoms with Crippen LogP contribution in [-0.4, -0.2) is 79.2 Å². The van der Waals surface area contributed by atoms with E-state index in [1.54, 1.807) is 24.6 Å².